The molecule has 138 valence electrons. The van der Waals surface area contributed by atoms with Gasteiger partial charge in [0.15, 0.2) is 0 Å². The maximum atomic E-state index is 13.2. The molecule has 1 amide bonds. The molecule has 2 saturated heterocycles. The van der Waals surface area contributed by atoms with Gasteiger partial charge in [0.05, 0.1) is 38.3 Å². The average molecular weight is 357 g/mol. The molecule has 5 atom stereocenters. The van der Waals surface area contributed by atoms with Gasteiger partial charge in [0.2, 0.25) is 5.91 Å². The smallest absolute Gasteiger partial charge is 0.312 e. The zero-order valence-electron chi connectivity index (χ0n) is 15.2. The molecule has 0 aliphatic carbocycles. The average Bonchev–Trinajstić information content (AvgIpc) is 3.29. The van der Waals surface area contributed by atoms with Crippen molar-refractivity contribution in [2.75, 3.05) is 20.3 Å². The fraction of sp³-hybridized carbons (Fsp3) is 0.500. The molecule has 0 saturated carbocycles. The van der Waals surface area contributed by atoms with Gasteiger partial charge in [0.1, 0.15) is 17.3 Å². The van der Waals surface area contributed by atoms with Crippen LogP contribution in [0.3, 0.4) is 0 Å². The highest BCUT2D eigenvalue weighted by atomic mass is 16.6. The second-order valence-electron chi connectivity index (χ2n) is 7.07. The zero-order chi connectivity index (χ0) is 18.5. The Kier molecular flexibility index (Phi) is 4.03. The van der Waals surface area contributed by atoms with Gasteiger partial charge in [-0.2, -0.15) is 0 Å². The second kappa shape index (κ2) is 6.13. The Morgan fingerprint density at radius 1 is 1.38 bits per heavy atom. The normalized spacial score (nSPS) is 32.7. The van der Waals surface area contributed by atoms with Crippen LogP contribution in [0.4, 0.5) is 0 Å². The van der Waals surface area contributed by atoms with Crippen LogP contribution in [-0.4, -0.2) is 48.7 Å². The lowest BCUT2D eigenvalue weighted by Crippen LogP contribution is -2.40. The number of hydrogen-bond donors (Lipinski definition) is 0. The van der Waals surface area contributed by atoms with Gasteiger partial charge in [0.25, 0.3) is 0 Å². The number of methoxy groups -OCH3 is 1. The van der Waals surface area contributed by atoms with Gasteiger partial charge in [-0.1, -0.05) is 24.3 Å². The van der Waals surface area contributed by atoms with Crippen molar-refractivity contribution in [2.45, 2.75) is 31.6 Å². The van der Waals surface area contributed by atoms with E-state index in [9.17, 15) is 9.59 Å². The molecular formula is C20H23NO5. The highest BCUT2D eigenvalue weighted by molar-refractivity contribution is 5.91. The third-order valence-electron chi connectivity index (χ3n) is 5.75. The summed E-state index contributed by atoms with van der Waals surface area (Å²) in [7, 11) is 1.62. The van der Waals surface area contributed by atoms with E-state index in [1.165, 1.54) is 0 Å². The number of benzene rings is 1. The Morgan fingerprint density at radius 2 is 2.12 bits per heavy atom. The second-order valence-corrected chi connectivity index (χ2v) is 7.07. The first-order valence-electron chi connectivity index (χ1n) is 8.99. The standard InChI is InChI=1S/C20H23NO5/c1-4-25-19(23)16-15-9-10-20(26-15)11-21(18(22)17(16)20)12(2)13-5-7-14(24-3)8-6-13/h5-10,12,15-17H,4,11H2,1-3H3/t12-,15-,16+,17-,20+/m1/s1. The van der Waals surface area contributed by atoms with Crippen LogP contribution in [0.2, 0.25) is 0 Å². The van der Waals surface area contributed by atoms with E-state index in [1.54, 1.807) is 14.0 Å². The highest BCUT2D eigenvalue weighted by Crippen LogP contribution is 2.53. The molecule has 2 fully saturated rings. The topological polar surface area (TPSA) is 65.1 Å². The van der Waals surface area contributed by atoms with Crippen LogP contribution in [-0.2, 0) is 19.1 Å². The first-order chi connectivity index (χ1) is 12.5. The number of carbonyl (C=O) groups is 2. The maximum absolute atomic E-state index is 13.2. The van der Waals surface area contributed by atoms with Crippen molar-refractivity contribution in [3.8, 4) is 5.75 Å². The van der Waals surface area contributed by atoms with Crippen molar-refractivity contribution >= 4 is 11.9 Å². The van der Waals surface area contributed by atoms with Crippen molar-refractivity contribution in [1.29, 1.82) is 0 Å². The number of ether oxygens (including phenoxy) is 3. The lowest BCUT2D eigenvalue weighted by Gasteiger charge is -2.27. The van der Waals surface area contributed by atoms with Crippen molar-refractivity contribution in [3.63, 3.8) is 0 Å². The molecule has 3 aliphatic rings. The van der Waals surface area contributed by atoms with Gasteiger partial charge in [-0.15, -0.1) is 0 Å². The van der Waals surface area contributed by atoms with Gasteiger partial charge in [0, 0.05) is 0 Å². The highest BCUT2D eigenvalue weighted by Gasteiger charge is 2.67. The Balaban J connectivity index is 1.60. The van der Waals surface area contributed by atoms with Crippen LogP contribution in [0, 0.1) is 11.8 Å². The number of nitrogens with zero attached hydrogens (tertiary/aromatic N) is 1. The van der Waals surface area contributed by atoms with E-state index in [4.69, 9.17) is 14.2 Å². The van der Waals surface area contributed by atoms with E-state index < -0.39 is 17.4 Å². The first-order valence-corrected chi connectivity index (χ1v) is 8.99. The van der Waals surface area contributed by atoms with Crippen LogP contribution >= 0.6 is 0 Å². The van der Waals surface area contributed by atoms with E-state index in [2.05, 4.69) is 0 Å². The fourth-order valence-corrected chi connectivity index (χ4v) is 4.43. The molecule has 1 aromatic rings. The molecule has 1 spiro atoms. The minimum Gasteiger partial charge on any atom is -0.497 e. The number of hydrogen-bond acceptors (Lipinski definition) is 5. The third kappa shape index (κ3) is 2.35. The van der Waals surface area contributed by atoms with Gasteiger partial charge < -0.3 is 19.1 Å². The van der Waals surface area contributed by atoms with Crippen LogP contribution in [0.25, 0.3) is 0 Å². The van der Waals surface area contributed by atoms with Gasteiger partial charge in [-0.3, -0.25) is 9.59 Å². The van der Waals surface area contributed by atoms with E-state index in [-0.39, 0.29) is 24.0 Å². The zero-order valence-corrected chi connectivity index (χ0v) is 15.2. The van der Waals surface area contributed by atoms with E-state index >= 15 is 0 Å². The molecule has 0 N–H and O–H groups in total. The van der Waals surface area contributed by atoms with Crippen LogP contribution in [0.5, 0.6) is 5.75 Å². The Morgan fingerprint density at radius 3 is 2.77 bits per heavy atom. The number of esters is 1. The lowest BCUT2D eigenvalue weighted by atomic mass is 9.77. The number of likely N-dealkylation sites (tertiary alicyclic amines) is 1. The molecule has 6 nitrogen and oxygen atoms in total. The quantitative estimate of drug-likeness (QED) is 0.596. The molecule has 1 aromatic carbocycles. The van der Waals surface area contributed by atoms with Crippen LogP contribution in [0.1, 0.15) is 25.5 Å². The molecule has 0 unspecified atom stereocenters. The minimum atomic E-state index is -0.708. The van der Waals surface area contributed by atoms with Crippen molar-refractivity contribution < 1.29 is 23.8 Å². The summed E-state index contributed by atoms with van der Waals surface area (Å²) in [6.45, 7) is 4.51. The predicted molar refractivity (Wildman–Crippen MR) is 93.5 cm³/mol. The van der Waals surface area contributed by atoms with E-state index in [1.807, 2.05) is 48.2 Å². The molecule has 0 radical (unpaired) electrons. The molecule has 6 heteroatoms. The molecule has 26 heavy (non-hydrogen) atoms. The molecule has 4 rings (SSSR count). The molecule has 3 aliphatic heterocycles. The Hall–Kier alpha value is -2.34. The minimum absolute atomic E-state index is 0.0433. The lowest BCUT2D eigenvalue weighted by molar-refractivity contribution is -0.153. The largest absolute Gasteiger partial charge is 0.497 e. The van der Waals surface area contributed by atoms with Gasteiger partial charge >= 0.3 is 5.97 Å². The summed E-state index contributed by atoms with van der Waals surface area (Å²) in [5, 5.41) is 0. The maximum Gasteiger partial charge on any atom is 0.312 e. The summed E-state index contributed by atoms with van der Waals surface area (Å²) >= 11 is 0. The van der Waals surface area contributed by atoms with Gasteiger partial charge in [-0.05, 0) is 31.5 Å². The van der Waals surface area contributed by atoms with Crippen LogP contribution < -0.4 is 4.74 Å². The Bertz CT molecular complexity index is 758. The van der Waals surface area contributed by atoms with Crippen molar-refractivity contribution in [2.24, 2.45) is 11.8 Å². The molecular weight excluding hydrogens is 334 g/mol. The number of fused-ring (bicyclic) bond motifs is 1. The first kappa shape index (κ1) is 17.1. The monoisotopic (exact) mass is 357 g/mol. The van der Waals surface area contributed by atoms with Gasteiger partial charge in [-0.25, -0.2) is 0 Å². The summed E-state index contributed by atoms with van der Waals surface area (Å²) in [5.74, 6) is -0.673. The predicted octanol–water partition coefficient (Wildman–Crippen LogP) is 2.10. The summed E-state index contributed by atoms with van der Waals surface area (Å²) in [6.07, 6.45) is 3.49. The van der Waals surface area contributed by atoms with E-state index in [0.29, 0.717) is 13.2 Å². The fourth-order valence-electron chi connectivity index (χ4n) is 4.43. The van der Waals surface area contributed by atoms with Crippen molar-refractivity contribution in [3.05, 3.63) is 42.0 Å². The van der Waals surface area contributed by atoms with E-state index in [0.717, 1.165) is 11.3 Å². The molecule has 3 heterocycles. The number of amides is 1. The Labute approximate surface area is 152 Å². The summed E-state index contributed by atoms with van der Waals surface area (Å²) in [5.41, 5.74) is 0.307. The number of carbonyl (C=O) groups excluding carboxylic acids is 2. The SMILES string of the molecule is CCOC(=O)[C@H]1[C@H]2C=C[C@@]3(CN([C@H](C)c4ccc(OC)cc4)C(=O)[C@@H]13)O2. The third-order valence-corrected chi connectivity index (χ3v) is 5.75. The summed E-state index contributed by atoms with van der Waals surface area (Å²) in [4.78, 5) is 27.4. The number of rotatable bonds is 5. The van der Waals surface area contributed by atoms with Crippen LogP contribution in [0.15, 0.2) is 36.4 Å². The molecule has 0 aromatic heterocycles. The summed E-state index contributed by atoms with van der Waals surface area (Å²) < 4.78 is 16.5. The van der Waals surface area contributed by atoms with Crippen molar-refractivity contribution in [1.82, 2.24) is 4.90 Å². The molecule has 2 bridgehead atoms. The summed E-state index contributed by atoms with van der Waals surface area (Å²) in [6, 6.07) is 7.57.